The number of carbonyl (C=O) groups is 2. The molecule has 0 fully saturated rings. The van der Waals surface area contributed by atoms with Gasteiger partial charge in [-0.15, -0.1) is 0 Å². The summed E-state index contributed by atoms with van der Waals surface area (Å²) in [4.78, 5) is 23.8. The van der Waals surface area contributed by atoms with Crippen molar-refractivity contribution in [2.75, 3.05) is 6.26 Å². The van der Waals surface area contributed by atoms with E-state index in [2.05, 4.69) is 5.32 Å². The zero-order valence-corrected chi connectivity index (χ0v) is 14.6. The van der Waals surface area contributed by atoms with Gasteiger partial charge in [0.05, 0.1) is 4.90 Å². The minimum absolute atomic E-state index is 0.0373. The Morgan fingerprint density at radius 1 is 1.26 bits per heavy atom. The van der Waals surface area contributed by atoms with Crippen molar-refractivity contribution >= 4 is 21.7 Å². The monoisotopic (exact) mass is 341 g/mol. The van der Waals surface area contributed by atoms with Crippen molar-refractivity contribution < 1.29 is 23.1 Å². The van der Waals surface area contributed by atoms with Gasteiger partial charge in [-0.25, -0.2) is 13.2 Å². The van der Waals surface area contributed by atoms with E-state index >= 15 is 0 Å². The number of rotatable bonds is 7. The molecule has 0 heterocycles. The molecule has 23 heavy (non-hydrogen) atoms. The molecule has 1 aromatic rings. The van der Waals surface area contributed by atoms with Crippen LogP contribution in [0.2, 0.25) is 0 Å². The Kier molecular flexibility index (Phi) is 6.32. The number of sulfone groups is 1. The summed E-state index contributed by atoms with van der Waals surface area (Å²) in [5.41, 5.74) is 0.869. The van der Waals surface area contributed by atoms with E-state index in [1.54, 1.807) is 13.0 Å². The summed E-state index contributed by atoms with van der Waals surface area (Å²) in [7, 11) is -3.45. The second kappa shape index (κ2) is 7.59. The number of hydrogen-bond acceptors (Lipinski definition) is 4. The quantitative estimate of drug-likeness (QED) is 0.788. The van der Waals surface area contributed by atoms with Crippen molar-refractivity contribution in [3.05, 3.63) is 29.3 Å². The summed E-state index contributed by atoms with van der Waals surface area (Å²) in [5, 5.41) is 11.8. The van der Waals surface area contributed by atoms with Crippen molar-refractivity contribution in [2.24, 2.45) is 5.92 Å². The average Bonchev–Trinajstić information content (AvgIpc) is 2.49. The molecule has 0 aliphatic rings. The van der Waals surface area contributed by atoms with Gasteiger partial charge in [0.25, 0.3) is 5.91 Å². The van der Waals surface area contributed by atoms with Crippen molar-refractivity contribution in [3.63, 3.8) is 0 Å². The number of aliphatic carboxylic acids is 1. The predicted octanol–water partition coefficient (Wildman–Crippen LogP) is 1.88. The summed E-state index contributed by atoms with van der Waals surface area (Å²) < 4.78 is 23.3. The largest absolute Gasteiger partial charge is 0.480 e. The van der Waals surface area contributed by atoms with Crippen LogP contribution in [0.5, 0.6) is 0 Å². The fraction of sp³-hybridized carbons (Fsp3) is 0.500. The standard InChI is InChI=1S/C16H23NO5S/c1-5-10(3)14(16(19)20)17-15(18)13-9-12(23(4,21)22)8-7-11(13)6-2/h7-10,14H,5-6H2,1-4H3,(H,17,18)(H,19,20)/t10-,14-/m0/s1. The molecule has 6 nitrogen and oxygen atoms in total. The number of carboxylic acid groups (broad SMARTS) is 1. The maximum absolute atomic E-state index is 12.5. The molecule has 0 unspecified atom stereocenters. The lowest BCUT2D eigenvalue weighted by molar-refractivity contribution is -0.140. The van der Waals surface area contributed by atoms with Gasteiger partial charge < -0.3 is 10.4 Å². The summed E-state index contributed by atoms with van der Waals surface area (Å²) in [6, 6.07) is 3.33. The molecule has 2 N–H and O–H groups in total. The molecule has 1 amide bonds. The number of carbonyl (C=O) groups excluding carboxylic acids is 1. The SMILES string of the molecule is CCc1ccc(S(C)(=O)=O)cc1C(=O)N[C@H](C(=O)O)[C@@H](C)CC. The number of amides is 1. The highest BCUT2D eigenvalue weighted by molar-refractivity contribution is 7.90. The van der Waals surface area contributed by atoms with E-state index in [1.807, 2.05) is 13.8 Å². The van der Waals surface area contributed by atoms with Crippen molar-refractivity contribution in [1.29, 1.82) is 0 Å². The van der Waals surface area contributed by atoms with Crippen molar-refractivity contribution in [3.8, 4) is 0 Å². The van der Waals surface area contributed by atoms with Crippen LogP contribution in [-0.2, 0) is 21.1 Å². The van der Waals surface area contributed by atoms with E-state index in [-0.39, 0.29) is 16.4 Å². The van der Waals surface area contributed by atoms with Crippen LogP contribution in [0.1, 0.15) is 43.1 Å². The molecule has 0 saturated carbocycles. The third-order valence-corrected chi connectivity index (χ3v) is 5.01. The van der Waals surface area contributed by atoms with Crippen molar-refractivity contribution in [1.82, 2.24) is 5.32 Å². The zero-order valence-electron chi connectivity index (χ0n) is 13.8. The Bertz CT molecular complexity index is 696. The molecule has 0 bridgehead atoms. The molecule has 7 heteroatoms. The molecular weight excluding hydrogens is 318 g/mol. The summed E-state index contributed by atoms with van der Waals surface area (Å²) >= 11 is 0. The first kappa shape index (κ1) is 19.2. The summed E-state index contributed by atoms with van der Waals surface area (Å²) in [5.74, 6) is -1.91. The predicted molar refractivity (Wildman–Crippen MR) is 87.3 cm³/mol. The number of benzene rings is 1. The van der Waals surface area contributed by atoms with Gasteiger partial charge in [0.2, 0.25) is 0 Å². The van der Waals surface area contributed by atoms with Gasteiger partial charge in [0, 0.05) is 11.8 Å². The molecule has 0 radical (unpaired) electrons. The van der Waals surface area contributed by atoms with Crippen LogP contribution in [0, 0.1) is 5.92 Å². The van der Waals surface area contributed by atoms with Gasteiger partial charge in [-0.3, -0.25) is 4.79 Å². The molecule has 0 saturated heterocycles. The average molecular weight is 341 g/mol. The lowest BCUT2D eigenvalue weighted by Crippen LogP contribution is -2.45. The van der Waals surface area contributed by atoms with Crippen LogP contribution in [0.15, 0.2) is 23.1 Å². The second-order valence-electron chi connectivity index (χ2n) is 5.62. The first-order valence-corrected chi connectivity index (χ1v) is 9.37. The fourth-order valence-corrected chi connectivity index (χ4v) is 2.86. The van der Waals surface area contributed by atoms with Gasteiger partial charge in [0.15, 0.2) is 9.84 Å². The van der Waals surface area contributed by atoms with Crippen LogP contribution in [0.4, 0.5) is 0 Å². The Labute approximate surface area is 136 Å². The number of aryl methyl sites for hydroxylation is 1. The number of carboxylic acids is 1. The molecule has 0 spiro atoms. The third-order valence-electron chi connectivity index (χ3n) is 3.90. The molecule has 128 valence electrons. The van der Waals surface area contributed by atoms with Crippen LogP contribution >= 0.6 is 0 Å². The highest BCUT2D eigenvalue weighted by atomic mass is 32.2. The smallest absolute Gasteiger partial charge is 0.326 e. The maximum atomic E-state index is 12.5. The Hall–Kier alpha value is -1.89. The number of nitrogens with one attached hydrogen (secondary N) is 1. The Balaban J connectivity index is 3.22. The second-order valence-corrected chi connectivity index (χ2v) is 7.64. The third kappa shape index (κ3) is 4.79. The zero-order chi connectivity index (χ0) is 17.8. The van der Waals surface area contributed by atoms with E-state index in [0.717, 1.165) is 6.26 Å². The number of hydrogen-bond donors (Lipinski definition) is 2. The topological polar surface area (TPSA) is 101 Å². The Morgan fingerprint density at radius 2 is 1.87 bits per heavy atom. The molecule has 0 aromatic heterocycles. The summed E-state index contributed by atoms with van der Waals surface area (Å²) in [6.07, 6.45) is 2.20. The van der Waals surface area contributed by atoms with Crippen LogP contribution in [-0.4, -0.2) is 37.7 Å². The molecule has 0 aliphatic heterocycles. The van der Waals surface area contributed by atoms with E-state index in [1.165, 1.54) is 12.1 Å². The van der Waals surface area contributed by atoms with Gasteiger partial charge in [-0.05, 0) is 30.0 Å². The molecular formula is C16H23NO5S. The van der Waals surface area contributed by atoms with Crippen molar-refractivity contribution in [2.45, 2.75) is 44.6 Å². The van der Waals surface area contributed by atoms with Crippen LogP contribution in [0.25, 0.3) is 0 Å². The minimum atomic E-state index is -3.45. The lowest BCUT2D eigenvalue weighted by Gasteiger charge is -2.21. The first-order chi connectivity index (χ1) is 10.6. The van der Waals surface area contributed by atoms with Gasteiger partial charge in [-0.2, -0.15) is 0 Å². The molecule has 1 aromatic carbocycles. The van der Waals surface area contributed by atoms with E-state index in [9.17, 15) is 23.1 Å². The lowest BCUT2D eigenvalue weighted by atomic mass is 9.98. The normalized spacial score (nSPS) is 14.1. The Morgan fingerprint density at radius 3 is 2.30 bits per heavy atom. The maximum Gasteiger partial charge on any atom is 0.326 e. The highest BCUT2D eigenvalue weighted by Crippen LogP contribution is 2.18. The molecule has 0 aliphatic carbocycles. The summed E-state index contributed by atoms with van der Waals surface area (Å²) in [6.45, 7) is 5.43. The first-order valence-electron chi connectivity index (χ1n) is 7.48. The fourth-order valence-electron chi connectivity index (χ4n) is 2.21. The van der Waals surface area contributed by atoms with Crippen LogP contribution in [0.3, 0.4) is 0 Å². The van der Waals surface area contributed by atoms with E-state index in [4.69, 9.17) is 0 Å². The van der Waals surface area contributed by atoms with E-state index in [0.29, 0.717) is 18.4 Å². The molecule has 2 atom stereocenters. The minimum Gasteiger partial charge on any atom is -0.480 e. The van der Waals surface area contributed by atoms with Gasteiger partial charge >= 0.3 is 5.97 Å². The van der Waals surface area contributed by atoms with Gasteiger partial charge in [-0.1, -0.05) is 33.3 Å². The van der Waals surface area contributed by atoms with E-state index < -0.39 is 27.8 Å². The highest BCUT2D eigenvalue weighted by Gasteiger charge is 2.26. The molecule has 1 rings (SSSR count). The van der Waals surface area contributed by atoms with Crippen LogP contribution < -0.4 is 5.32 Å². The van der Waals surface area contributed by atoms with Gasteiger partial charge in [0.1, 0.15) is 6.04 Å².